The van der Waals surface area contributed by atoms with E-state index in [2.05, 4.69) is 20.6 Å². The predicted molar refractivity (Wildman–Crippen MR) is 84.9 cm³/mol. The Morgan fingerprint density at radius 2 is 1.92 bits per heavy atom. The molecule has 0 bridgehead atoms. The van der Waals surface area contributed by atoms with Crippen LogP contribution < -0.4 is 10.6 Å². The van der Waals surface area contributed by atoms with Crippen molar-refractivity contribution < 1.29 is 23.1 Å². The minimum absolute atomic E-state index is 0.0264. The summed E-state index contributed by atoms with van der Waals surface area (Å²) in [4.78, 5) is 19.2. The van der Waals surface area contributed by atoms with Gasteiger partial charge in [0.05, 0.1) is 5.60 Å². The van der Waals surface area contributed by atoms with Gasteiger partial charge in [-0.1, -0.05) is 19.3 Å². The summed E-state index contributed by atoms with van der Waals surface area (Å²) in [6.45, 7) is 1.73. The molecule has 1 fully saturated rings. The second-order valence-corrected chi connectivity index (χ2v) is 6.45. The molecule has 1 aliphatic carbocycles. The van der Waals surface area contributed by atoms with Gasteiger partial charge in [-0.05, 0) is 25.8 Å². The van der Waals surface area contributed by atoms with E-state index in [4.69, 9.17) is 0 Å². The van der Waals surface area contributed by atoms with Gasteiger partial charge in [0, 0.05) is 25.2 Å². The summed E-state index contributed by atoms with van der Waals surface area (Å²) in [5.41, 5.74) is -1.63. The van der Waals surface area contributed by atoms with E-state index < -0.39 is 23.5 Å². The molecule has 25 heavy (non-hydrogen) atoms. The SMILES string of the molecule is Cc1cc(C(F)(F)F)nc(CCNC(=O)NCC2(O)CCCCC2)n1. The van der Waals surface area contributed by atoms with E-state index in [1.54, 1.807) is 0 Å². The van der Waals surface area contributed by atoms with Gasteiger partial charge in [-0.3, -0.25) is 0 Å². The van der Waals surface area contributed by atoms with Crippen LogP contribution in [0.25, 0.3) is 0 Å². The zero-order valence-corrected chi connectivity index (χ0v) is 14.1. The number of nitrogens with one attached hydrogen (secondary N) is 2. The van der Waals surface area contributed by atoms with Crippen LogP contribution in [0.4, 0.5) is 18.0 Å². The maximum Gasteiger partial charge on any atom is 0.433 e. The minimum atomic E-state index is -4.53. The number of amides is 2. The summed E-state index contributed by atoms with van der Waals surface area (Å²) in [6, 6.07) is 0.414. The summed E-state index contributed by atoms with van der Waals surface area (Å²) in [5, 5.41) is 15.4. The smallest absolute Gasteiger partial charge is 0.388 e. The molecular weight excluding hydrogens is 337 g/mol. The van der Waals surface area contributed by atoms with Crippen molar-refractivity contribution >= 4 is 6.03 Å². The van der Waals surface area contributed by atoms with Gasteiger partial charge in [0.15, 0.2) is 0 Å². The van der Waals surface area contributed by atoms with Crippen LogP contribution >= 0.6 is 0 Å². The average molecular weight is 360 g/mol. The third kappa shape index (κ3) is 6.15. The topological polar surface area (TPSA) is 87.1 Å². The van der Waals surface area contributed by atoms with Crippen molar-refractivity contribution in [1.82, 2.24) is 20.6 Å². The van der Waals surface area contributed by atoms with E-state index in [1.165, 1.54) is 6.92 Å². The number of carbonyl (C=O) groups is 1. The number of nitrogens with zero attached hydrogens (tertiary/aromatic N) is 2. The molecule has 9 heteroatoms. The van der Waals surface area contributed by atoms with E-state index in [1.807, 2.05) is 0 Å². The van der Waals surface area contributed by atoms with Crippen LogP contribution in [0.2, 0.25) is 0 Å². The molecule has 140 valence electrons. The van der Waals surface area contributed by atoms with Crippen LogP contribution in [0.5, 0.6) is 0 Å². The third-order valence-corrected chi connectivity index (χ3v) is 4.19. The Labute approximate surface area is 144 Å². The number of carbonyl (C=O) groups excluding carboxylic acids is 1. The molecule has 1 aromatic heterocycles. The number of aliphatic hydroxyl groups is 1. The van der Waals surface area contributed by atoms with Crippen LogP contribution in [0.15, 0.2) is 6.07 Å². The second kappa shape index (κ2) is 7.99. The number of rotatable bonds is 5. The highest BCUT2D eigenvalue weighted by atomic mass is 19.4. The van der Waals surface area contributed by atoms with Crippen molar-refractivity contribution in [1.29, 1.82) is 0 Å². The van der Waals surface area contributed by atoms with Crippen LogP contribution in [-0.4, -0.2) is 39.8 Å². The average Bonchev–Trinajstić information content (AvgIpc) is 2.52. The number of hydrogen-bond acceptors (Lipinski definition) is 4. The first-order valence-corrected chi connectivity index (χ1v) is 8.34. The normalized spacial score (nSPS) is 17.2. The first-order valence-electron chi connectivity index (χ1n) is 8.34. The number of hydrogen-bond donors (Lipinski definition) is 3. The molecule has 1 aromatic rings. The van der Waals surface area contributed by atoms with E-state index in [0.717, 1.165) is 25.3 Å². The lowest BCUT2D eigenvalue weighted by molar-refractivity contribution is -0.141. The Kier molecular flexibility index (Phi) is 6.21. The highest BCUT2D eigenvalue weighted by Crippen LogP contribution is 2.28. The molecule has 0 atom stereocenters. The summed E-state index contributed by atoms with van der Waals surface area (Å²) >= 11 is 0. The van der Waals surface area contributed by atoms with Gasteiger partial charge in [0.25, 0.3) is 0 Å². The third-order valence-electron chi connectivity index (χ3n) is 4.19. The van der Waals surface area contributed by atoms with Crippen molar-refractivity contribution in [2.24, 2.45) is 0 Å². The monoisotopic (exact) mass is 360 g/mol. The molecule has 3 N–H and O–H groups in total. The van der Waals surface area contributed by atoms with Crippen molar-refractivity contribution in [2.75, 3.05) is 13.1 Å². The van der Waals surface area contributed by atoms with E-state index in [9.17, 15) is 23.1 Å². The second-order valence-electron chi connectivity index (χ2n) is 6.45. The largest absolute Gasteiger partial charge is 0.433 e. The molecule has 1 heterocycles. The Hall–Kier alpha value is -1.90. The molecule has 2 rings (SSSR count). The molecule has 0 aromatic carbocycles. The highest BCUT2D eigenvalue weighted by Gasteiger charge is 2.33. The van der Waals surface area contributed by atoms with Crippen molar-refractivity contribution in [3.8, 4) is 0 Å². The van der Waals surface area contributed by atoms with E-state index >= 15 is 0 Å². The van der Waals surface area contributed by atoms with Gasteiger partial charge in [-0.15, -0.1) is 0 Å². The number of alkyl halides is 3. The number of aromatic nitrogens is 2. The predicted octanol–water partition coefficient (Wildman–Crippen LogP) is 2.34. The van der Waals surface area contributed by atoms with Gasteiger partial charge < -0.3 is 15.7 Å². The minimum Gasteiger partial charge on any atom is -0.388 e. The van der Waals surface area contributed by atoms with Gasteiger partial charge in [0.1, 0.15) is 11.5 Å². The van der Waals surface area contributed by atoms with Crippen LogP contribution in [0.3, 0.4) is 0 Å². The quantitative estimate of drug-likeness (QED) is 0.752. The highest BCUT2D eigenvalue weighted by molar-refractivity contribution is 5.73. The lowest BCUT2D eigenvalue weighted by Crippen LogP contribution is -2.47. The van der Waals surface area contributed by atoms with Gasteiger partial charge in [-0.2, -0.15) is 13.2 Å². The standard InChI is InChI=1S/C16H23F3N4O2/c1-11-9-12(16(17,18)19)23-13(22-11)5-8-20-14(24)21-10-15(25)6-3-2-4-7-15/h9,25H,2-8,10H2,1H3,(H2,20,21,24). The fourth-order valence-corrected chi connectivity index (χ4v) is 2.87. The fourth-order valence-electron chi connectivity index (χ4n) is 2.87. The Bertz CT molecular complexity index is 602. The van der Waals surface area contributed by atoms with Crippen LogP contribution in [0, 0.1) is 6.92 Å². The summed E-state index contributed by atoms with van der Waals surface area (Å²) in [7, 11) is 0. The number of aryl methyl sites for hydroxylation is 1. The maximum atomic E-state index is 12.7. The fraction of sp³-hybridized carbons (Fsp3) is 0.688. The molecule has 0 radical (unpaired) electrons. The number of urea groups is 1. The lowest BCUT2D eigenvalue weighted by atomic mass is 9.85. The van der Waals surface area contributed by atoms with Gasteiger partial charge >= 0.3 is 12.2 Å². The van der Waals surface area contributed by atoms with Crippen LogP contribution in [0.1, 0.15) is 49.3 Å². The Morgan fingerprint density at radius 1 is 1.24 bits per heavy atom. The zero-order chi connectivity index (χ0) is 18.5. The molecule has 1 aliphatic rings. The molecule has 6 nitrogen and oxygen atoms in total. The van der Waals surface area contributed by atoms with Gasteiger partial charge in [0.2, 0.25) is 0 Å². The molecule has 0 aliphatic heterocycles. The zero-order valence-electron chi connectivity index (χ0n) is 14.1. The Morgan fingerprint density at radius 3 is 2.56 bits per heavy atom. The Balaban J connectivity index is 1.78. The summed E-state index contributed by atoms with van der Waals surface area (Å²) in [6.07, 6.45) is -0.163. The summed E-state index contributed by atoms with van der Waals surface area (Å²) < 4.78 is 38.2. The maximum absolute atomic E-state index is 12.7. The number of halogens is 3. The van der Waals surface area contributed by atoms with Crippen molar-refractivity contribution in [2.45, 2.75) is 57.2 Å². The van der Waals surface area contributed by atoms with Gasteiger partial charge in [-0.25, -0.2) is 14.8 Å². The van der Waals surface area contributed by atoms with E-state index in [0.29, 0.717) is 12.8 Å². The van der Waals surface area contributed by atoms with E-state index in [-0.39, 0.29) is 31.0 Å². The first-order chi connectivity index (χ1) is 11.7. The molecule has 2 amide bonds. The molecule has 0 spiro atoms. The lowest BCUT2D eigenvalue weighted by Gasteiger charge is -2.32. The van der Waals surface area contributed by atoms with Crippen molar-refractivity contribution in [3.63, 3.8) is 0 Å². The molecular formula is C16H23F3N4O2. The first kappa shape index (κ1) is 19.4. The molecule has 1 saturated carbocycles. The molecule has 0 unspecified atom stereocenters. The summed E-state index contributed by atoms with van der Waals surface area (Å²) in [5.74, 6) is 0.0264. The van der Waals surface area contributed by atoms with Crippen LogP contribution in [-0.2, 0) is 12.6 Å². The molecule has 0 saturated heterocycles. The van der Waals surface area contributed by atoms with Crippen molar-refractivity contribution in [3.05, 3.63) is 23.3 Å².